The van der Waals surface area contributed by atoms with Crippen LogP contribution < -0.4 is 9.80 Å². The van der Waals surface area contributed by atoms with Crippen molar-refractivity contribution in [1.29, 1.82) is 0 Å². The standard InChI is InChI=1S/C55H44N2/c1-37-12-24-49(25-13-37)56(48-9-5-4-6-10-48)51-28-20-40(21-29-51)46-33-42-16-18-44-35-47(36-45-19-17-43(34-46)54(42)55(44)45)41-22-30-52(31-23-41)57(50-26-14-38(2)15-27-50)53-11-7-8-39(3)32-53/h4-7,9-36,39H,8H2,1-3H3. The third kappa shape index (κ3) is 6.54. The first-order valence-electron chi connectivity index (χ1n) is 20.1. The van der Waals surface area contributed by atoms with Gasteiger partial charge in [-0.2, -0.15) is 0 Å². The Morgan fingerprint density at radius 1 is 0.404 bits per heavy atom. The molecule has 57 heavy (non-hydrogen) atoms. The number of nitrogens with zero attached hydrogens (tertiary/aromatic N) is 2. The lowest BCUT2D eigenvalue weighted by Gasteiger charge is -2.29. The van der Waals surface area contributed by atoms with Crippen LogP contribution in [0.3, 0.4) is 0 Å². The lowest BCUT2D eigenvalue weighted by Crippen LogP contribution is -2.17. The summed E-state index contributed by atoms with van der Waals surface area (Å²) in [4.78, 5) is 4.70. The van der Waals surface area contributed by atoms with E-state index in [1.807, 2.05) is 0 Å². The van der Waals surface area contributed by atoms with Crippen LogP contribution in [-0.4, -0.2) is 0 Å². The molecule has 1 unspecified atom stereocenters. The van der Waals surface area contributed by atoms with Crippen LogP contribution in [0.25, 0.3) is 54.6 Å². The van der Waals surface area contributed by atoms with Crippen molar-refractivity contribution < 1.29 is 0 Å². The van der Waals surface area contributed by atoms with Crippen LogP contribution >= 0.6 is 0 Å². The molecule has 2 heteroatoms. The van der Waals surface area contributed by atoms with Crippen LogP contribution in [0.2, 0.25) is 0 Å². The fourth-order valence-electron chi connectivity index (χ4n) is 8.60. The average molecular weight is 733 g/mol. The molecule has 0 N–H and O–H groups in total. The van der Waals surface area contributed by atoms with E-state index in [9.17, 15) is 0 Å². The van der Waals surface area contributed by atoms with E-state index in [0.717, 1.165) is 29.2 Å². The lowest BCUT2D eigenvalue weighted by atomic mass is 9.89. The summed E-state index contributed by atoms with van der Waals surface area (Å²) in [5.41, 5.74) is 14.4. The van der Waals surface area contributed by atoms with Gasteiger partial charge in [-0.05, 0) is 172 Å². The Labute approximate surface area is 335 Å². The lowest BCUT2D eigenvalue weighted by molar-refractivity contribution is 0.726. The van der Waals surface area contributed by atoms with Gasteiger partial charge in [0.1, 0.15) is 0 Å². The van der Waals surface area contributed by atoms with Crippen molar-refractivity contribution in [3.05, 3.63) is 211 Å². The van der Waals surface area contributed by atoms with Crippen molar-refractivity contribution in [2.75, 3.05) is 9.80 Å². The number of anilines is 5. The molecule has 0 amide bonds. The highest BCUT2D eigenvalue weighted by Gasteiger charge is 2.18. The van der Waals surface area contributed by atoms with Crippen LogP contribution in [0.5, 0.6) is 0 Å². The maximum Gasteiger partial charge on any atom is 0.0462 e. The SMILES string of the molecule is Cc1ccc(N(C2=CC(C)CC=C2)c2ccc(-c3cc4ccc5cc(-c6ccc(N(c7ccccc7)c7ccc(C)cc7)cc6)cc6ccc(c3)c4c56)cc2)cc1. The quantitative estimate of drug-likeness (QED) is 0.144. The van der Waals surface area contributed by atoms with Crippen molar-refractivity contribution in [3.8, 4) is 22.3 Å². The minimum Gasteiger partial charge on any atom is -0.311 e. The van der Waals surface area contributed by atoms with E-state index in [1.54, 1.807) is 0 Å². The van der Waals surface area contributed by atoms with Crippen LogP contribution in [0.1, 0.15) is 24.5 Å². The average Bonchev–Trinajstić information content (AvgIpc) is 3.25. The first-order chi connectivity index (χ1) is 27.9. The van der Waals surface area contributed by atoms with Gasteiger partial charge in [-0.3, -0.25) is 0 Å². The fraction of sp³-hybridized carbons (Fsp3) is 0.0909. The maximum absolute atomic E-state index is 2.39. The van der Waals surface area contributed by atoms with Gasteiger partial charge in [-0.25, -0.2) is 0 Å². The minimum atomic E-state index is 0.510. The van der Waals surface area contributed by atoms with Gasteiger partial charge in [0, 0.05) is 34.1 Å². The van der Waals surface area contributed by atoms with E-state index in [4.69, 9.17) is 0 Å². The highest BCUT2D eigenvalue weighted by molar-refractivity contribution is 6.24. The van der Waals surface area contributed by atoms with E-state index >= 15 is 0 Å². The Kier molecular flexibility index (Phi) is 8.68. The predicted molar refractivity (Wildman–Crippen MR) is 245 cm³/mol. The molecule has 10 rings (SSSR count). The third-order valence-corrected chi connectivity index (χ3v) is 11.6. The molecule has 0 heterocycles. The second kappa shape index (κ2) is 14.3. The van der Waals surface area contributed by atoms with Gasteiger partial charge in [0.15, 0.2) is 0 Å². The fourth-order valence-corrected chi connectivity index (χ4v) is 8.60. The Morgan fingerprint density at radius 2 is 0.789 bits per heavy atom. The van der Waals surface area contributed by atoms with E-state index in [2.05, 4.69) is 225 Å². The molecule has 274 valence electrons. The molecule has 0 saturated carbocycles. The van der Waals surface area contributed by atoms with E-state index in [1.165, 1.54) is 77.1 Å². The van der Waals surface area contributed by atoms with E-state index in [0.29, 0.717) is 5.92 Å². The topological polar surface area (TPSA) is 6.48 Å². The predicted octanol–water partition coefficient (Wildman–Crippen LogP) is 15.6. The van der Waals surface area contributed by atoms with Gasteiger partial charge in [-0.15, -0.1) is 0 Å². The highest BCUT2D eigenvalue weighted by Crippen LogP contribution is 2.42. The molecule has 0 spiro atoms. The third-order valence-electron chi connectivity index (χ3n) is 11.6. The van der Waals surface area contributed by atoms with Crippen molar-refractivity contribution in [3.63, 3.8) is 0 Å². The summed E-state index contributed by atoms with van der Waals surface area (Å²) in [6.07, 6.45) is 8.03. The first-order valence-corrected chi connectivity index (χ1v) is 20.1. The second-order valence-electron chi connectivity index (χ2n) is 15.7. The summed E-state index contributed by atoms with van der Waals surface area (Å²) in [5.74, 6) is 0.510. The van der Waals surface area contributed by atoms with Gasteiger partial charge in [-0.1, -0.05) is 121 Å². The first kappa shape index (κ1) is 34.6. The molecule has 1 aliphatic rings. The van der Waals surface area contributed by atoms with E-state index in [-0.39, 0.29) is 0 Å². The summed E-state index contributed by atoms with van der Waals surface area (Å²) >= 11 is 0. The normalized spacial score (nSPS) is 14.0. The highest BCUT2D eigenvalue weighted by atomic mass is 15.1. The zero-order chi connectivity index (χ0) is 38.5. The summed E-state index contributed by atoms with van der Waals surface area (Å²) in [6, 6.07) is 64.9. The summed E-state index contributed by atoms with van der Waals surface area (Å²) in [7, 11) is 0. The van der Waals surface area contributed by atoms with Gasteiger partial charge in [0.2, 0.25) is 0 Å². The molecule has 0 radical (unpaired) electrons. The Bertz CT molecular complexity index is 2850. The summed E-state index contributed by atoms with van der Waals surface area (Å²) in [5, 5.41) is 7.74. The zero-order valence-corrected chi connectivity index (χ0v) is 32.7. The Morgan fingerprint density at radius 3 is 1.21 bits per heavy atom. The largest absolute Gasteiger partial charge is 0.311 e. The van der Waals surface area contributed by atoms with Crippen molar-refractivity contribution in [2.45, 2.75) is 27.2 Å². The maximum atomic E-state index is 2.39. The Balaban J connectivity index is 0.974. The van der Waals surface area contributed by atoms with Gasteiger partial charge in [0.25, 0.3) is 0 Å². The molecule has 9 aromatic carbocycles. The minimum absolute atomic E-state index is 0.510. The number of allylic oxidation sites excluding steroid dienone is 3. The van der Waals surface area contributed by atoms with Gasteiger partial charge < -0.3 is 9.80 Å². The molecule has 1 aliphatic carbocycles. The molecule has 2 nitrogen and oxygen atoms in total. The number of aryl methyl sites for hydroxylation is 2. The van der Waals surface area contributed by atoms with Crippen molar-refractivity contribution in [1.82, 2.24) is 0 Å². The van der Waals surface area contributed by atoms with Gasteiger partial charge >= 0.3 is 0 Å². The van der Waals surface area contributed by atoms with E-state index < -0.39 is 0 Å². The van der Waals surface area contributed by atoms with Gasteiger partial charge in [0.05, 0.1) is 0 Å². The molecule has 9 aromatic rings. The number of para-hydroxylation sites is 1. The summed E-state index contributed by atoms with van der Waals surface area (Å²) in [6.45, 7) is 6.56. The molecule has 0 aliphatic heterocycles. The molecular formula is C55H44N2. The Hall–Kier alpha value is -6.90. The molecule has 0 bridgehead atoms. The van der Waals surface area contributed by atoms with Crippen LogP contribution in [0.4, 0.5) is 28.4 Å². The summed E-state index contributed by atoms with van der Waals surface area (Å²) < 4.78 is 0. The zero-order valence-electron chi connectivity index (χ0n) is 32.7. The molecule has 0 saturated heterocycles. The number of rotatable bonds is 8. The van der Waals surface area contributed by atoms with Crippen LogP contribution in [0.15, 0.2) is 200 Å². The second-order valence-corrected chi connectivity index (χ2v) is 15.7. The monoisotopic (exact) mass is 732 g/mol. The number of benzene rings is 9. The van der Waals surface area contributed by atoms with Crippen molar-refractivity contribution in [2.24, 2.45) is 5.92 Å². The van der Waals surface area contributed by atoms with Crippen LogP contribution in [0, 0.1) is 19.8 Å². The molecular weight excluding hydrogens is 689 g/mol. The number of hydrogen-bond acceptors (Lipinski definition) is 2. The number of hydrogen-bond donors (Lipinski definition) is 0. The van der Waals surface area contributed by atoms with Crippen molar-refractivity contribution >= 4 is 60.8 Å². The molecule has 1 atom stereocenters. The molecule has 0 fully saturated rings. The smallest absolute Gasteiger partial charge is 0.0462 e. The van der Waals surface area contributed by atoms with Crippen LogP contribution in [-0.2, 0) is 0 Å². The molecule has 0 aromatic heterocycles.